The second-order valence-electron chi connectivity index (χ2n) is 7.41. The van der Waals surface area contributed by atoms with E-state index in [0.29, 0.717) is 18.5 Å². The highest BCUT2D eigenvalue weighted by Crippen LogP contribution is 2.37. The molecule has 1 saturated carbocycles. The van der Waals surface area contributed by atoms with Gasteiger partial charge in [0, 0.05) is 19.6 Å². The largest absolute Gasteiger partial charge is 0.495 e. The third kappa shape index (κ3) is 4.24. The first-order valence-electron chi connectivity index (χ1n) is 9.76. The lowest BCUT2D eigenvalue weighted by Crippen LogP contribution is -2.35. The highest BCUT2D eigenvalue weighted by atomic mass is 32.2. The fourth-order valence-electron chi connectivity index (χ4n) is 3.52. The van der Waals surface area contributed by atoms with E-state index in [1.54, 1.807) is 7.11 Å². The zero-order valence-electron chi connectivity index (χ0n) is 16.2. The smallest absolute Gasteiger partial charge is 0.233 e. The molecule has 0 bridgehead atoms. The van der Waals surface area contributed by atoms with E-state index in [1.807, 2.05) is 29.8 Å². The normalized spacial score (nSPS) is 20.2. The number of hydrogen-bond donors (Lipinski definition) is 1. The van der Waals surface area contributed by atoms with E-state index in [-0.39, 0.29) is 11.2 Å². The number of carbonyl (C=O) groups excluding carboxylic acids is 1. The van der Waals surface area contributed by atoms with Crippen LogP contribution in [0.4, 0.5) is 5.69 Å². The SMILES string of the molecule is COc1ccccc1N1CC[C@@H](CNC(=O)[C@@H](C)Sc2nnnn2C2CC2)C1. The van der Waals surface area contributed by atoms with E-state index >= 15 is 0 Å². The number of methoxy groups -OCH3 is 1. The minimum Gasteiger partial charge on any atom is -0.495 e. The number of rotatable bonds is 8. The molecule has 28 heavy (non-hydrogen) atoms. The van der Waals surface area contributed by atoms with Gasteiger partial charge < -0.3 is 15.0 Å². The van der Waals surface area contributed by atoms with E-state index in [9.17, 15) is 4.79 Å². The predicted molar refractivity (Wildman–Crippen MR) is 108 cm³/mol. The number of nitrogens with zero attached hydrogens (tertiary/aromatic N) is 5. The van der Waals surface area contributed by atoms with Crippen LogP contribution < -0.4 is 15.0 Å². The van der Waals surface area contributed by atoms with Crippen molar-refractivity contribution in [3.8, 4) is 5.75 Å². The van der Waals surface area contributed by atoms with Crippen LogP contribution in [-0.2, 0) is 4.79 Å². The number of anilines is 1. The van der Waals surface area contributed by atoms with Gasteiger partial charge in [-0.05, 0) is 54.7 Å². The third-order valence-electron chi connectivity index (χ3n) is 5.28. The van der Waals surface area contributed by atoms with Gasteiger partial charge in [0.15, 0.2) is 0 Å². The van der Waals surface area contributed by atoms with Crippen molar-refractivity contribution in [2.24, 2.45) is 5.92 Å². The molecule has 8 nitrogen and oxygen atoms in total. The van der Waals surface area contributed by atoms with Crippen molar-refractivity contribution >= 4 is 23.4 Å². The monoisotopic (exact) mass is 402 g/mol. The van der Waals surface area contributed by atoms with Gasteiger partial charge in [-0.3, -0.25) is 4.79 Å². The van der Waals surface area contributed by atoms with Crippen LogP contribution in [0.2, 0.25) is 0 Å². The summed E-state index contributed by atoms with van der Waals surface area (Å²) in [4.78, 5) is 14.9. The highest BCUT2D eigenvalue weighted by Gasteiger charge is 2.30. The molecule has 0 unspecified atom stereocenters. The quantitative estimate of drug-likeness (QED) is 0.677. The van der Waals surface area contributed by atoms with E-state index in [2.05, 4.69) is 31.8 Å². The summed E-state index contributed by atoms with van der Waals surface area (Å²) in [5, 5.41) is 15.5. The molecule has 1 aromatic carbocycles. The van der Waals surface area contributed by atoms with Crippen molar-refractivity contribution < 1.29 is 9.53 Å². The van der Waals surface area contributed by atoms with Crippen LogP contribution in [0.1, 0.15) is 32.2 Å². The first-order chi connectivity index (χ1) is 13.7. The lowest BCUT2D eigenvalue weighted by atomic mass is 10.1. The summed E-state index contributed by atoms with van der Waals surface area (Å²) in [6, 6.07) is 8.49. The number of carbonyl (C=O) groups is 1. The molecule has 9 heteroatoms. The lowest BCUT2D eigenvalue weighted by molar-refractivity contribution is -0.120. The number of hydrogen-bond acceptors (Lipinski definition) is 7. The molecule has 2 fully saturated rings. The Morgan fingerprint density at radius 3 is 2.96 bits per heavy atom. The number of nitrogens with one attached hydrogen (secondary N) is 1. The summed E-state index contributed by atoms with van der Waals surface area (Å²) < 4.78 is 7.31. The summed E-state index contributed by atoms with van der Waals surface area (Å²) >= 11 is 1.43. The molecule has 1 N–H and O–H groups in total. The van der Waals surface area contributed by atoms with Crippen LogP contribution >= 0.6 is 11.8 Å². The predicted octanol–water partition coefficient (Wildman–Crippen LogP) is 2.14. The van der Waals surface area contributed by atoms with Crippen LogP contribution in [0.25, 0.3) is 0 Å². The minimum absolute atomic E-state index is 0.0334. The van der Waals surface area contributed by atoms with Crippen LogP contribution in [0, 0.1) is 5.92 Å². The Kier molecular flexibility index (Phi) is 5.70. The topological polar surface area (TPSA) is 85.2 Å². The number of benzene rings is 1. The molecule has 1 saturated heterocycles. The maximum atomic E-state index is 12.5. The Labute approximate surface area is 169 Å². The Balaban J connectivity index is 1.26. The summed E-state index contributed by atoms with van der Waals surface area (Å²) in [7, 11) is 1.70. The molecule has 2 heterocycles. The highest BCUT2D eigenvalue weighted by molar-refractivity contribution is 8.00. The second kappa shape index (κ2) is 8.38. The molecule has 0 spiro atoms. The Hall–Kier alpha value is -2.29. The van der Waals surface area contributed by atoms with E-state index in [0.717, 1.165) is 48.9 Å². The van der Waals surface area contributed by atoms with Crippen molar-refractivity contribution in [3.05, 3.63) is 24.3 Å². The summed E-state index contributed by atoms with van der Waals surface area (Å²) in [5.74, 6) is 1.36. The van der Waals surface area contributed by atoms with Gasteiger partial charge in [-0.25, -0.2) is 4.68 Å². The first kappa shape index (κ1) is 19.0. The Morgan fingerprint density at radius 2 is 2.18 bits per heavy atom. The molecule has 2 atom stereocenters. The first-order valence-corrected chi connectivity index (χ1v) is 10.6. The number of aromatic nitrogens is 4. The number of ether oxygens (including phenoxy) is 1. The third-order valence-corrected chi connectivity index (χ3v) is 6.33. The molecule has 0 radical (unpaired) electrons. The second-order valence-corrected chi connectivity index (χ2v) is 8.72. The number of para-hydroxylation sites is 2. The molecule has 2 aromatic rings. The molecule has 4 rings (SSSR count). The molecule has 2 aliphatic rings. The Bertz CT molecular complexity index is 824. The van der Waals surface area contributed by atoms with E-state index in [1.165, 1.54) is 11.8 Å². The molecule has 1 aliphatic carbocycles. The molecular formula is C19H26N6O2S. The average molecular weight is 403 g/mol. The molecular weight excluding hydrogens is 376 g/mol. The lowest BCUT2D eigenvalue weighted by Gasteiger charge is -2.21. The van der Waals surface area contributed by atoms with Gasteiger partial charge in [-0.1, -0.05) is 23.9 Å². The Morgan fingerprint density at radius 1 is 1.36 bits per heavy atom. The van der Waals surface area contributed by atoms with Crippen LogP contribution in [0.3, 0.4) is 0 Å². The fraction of sp³-hybridized carbons (Fsp3) is 0.579. The van der Waals surface area contributed by atoms with Crippen LogP contribution in [0.15, 0.2) is 29.4 Å². The van der Waals surface area contributed by atoms with Crippen molar-refractivity contribution in [1.82, 2.24) is 25.5 Å². The number of tetrazole rings is 1. The van der Waals surface area contributed by atoms with Gasteiger partial charge in [0.25, 0.3) is 0 Å². The minimum atomic E-state index is -0.227. The van der Waals surface area contributed by atoms with Crippen molar-refractivity contribution in [3.63, 3.8) is 0 Å². The zero-order chi connectivity index (χ0) is 19.5. The van der Waals surface area contributed by atoms with Gasteiger partial charge in [-0.2, -0.15) is 0 Å². The van der Waals surface area contributed by atoms with Crippen molar-refractivity contribution in [1.29, 1.82) is 0 Å². The van der Waals surface area contributed by atoms with Crippen molar-refractivity contribution in [2.75, 3.05) is 31.6 Å². The number of amides is 1. The summed E-state index contributed by atoms with van der Waals surface area (Å²) in [6.07, 6.45) is 3.28. The maximum Gasteiger partial charge on any atom is 0.233 e. The van der Waals surface area contributed by atoms with E-state index in [4.69, 9.17) is 4.74 Å². The van der Waals surface area contributed by atoms with Gasteiger partial charge >= 0.3 is 0 Å². The van der Waals surface area contributed by atoms with Crippen molar-refractivity contribution in [2.45, 2.75) is 42.6 Å². The van der Waals surface area contributed by atoms with Crippen LogP contribution in [-0.4, -0.2) is 58.1 Å². The van der Waals surface area contributed by atoms with Gasteiger partial charge in [0.05, 0.1) is 24.1 Å². The summed E-state index contributed by atoms with van der Waals surface area (Å²) in [6.45, 7) is 4.48. The fourth-order valence-corrected chi connectivity index (χ4v) is 4.40. The molecule has 1 amide bonds. The maximum absolute atomic E-state index is 12.5. The zero-order valence-corrected chi connectivity index (χ0v) is 17.1. The van der Waals surface area contributed by atoms with Gasteiger partial charge in [0.2, 0.25) is 11.1 Å². The molecule has 150 valence electrons. The van der Waals surface area contributed by atoms with E-state index < -0.39 is 0 Å². The average Bonchev–Trinajstić information content (AvgIpc) is 3.27. The van der Waals surface area contributed by atoms with Gasteiger partial charge in [0.1, 0.15) is 5.75 Å². The molecule has 1 aliphatic heterocycles. The molecule has 1 aromatic heterocycles. The van der Waals surface area contributed by atoms with Crippen LogP contribution in [0.5, 0.6) is 5.75 Å². The number of thioether (sulfide) groups is 1. The summed E-state index contributed by atoms with van der Waals surface area (Å²) in [5.41, 5.74) is 1.12. The van der Waals surface area contributed by atoms with Gasteiger partial charge in [-0.15, -0.1) is 5.10 Å². The standard InChI is InChI=1S/C19H26N6O2S/c1-13(28-19-21-22-23-25(19)15-7-8-15)18(26)20-11-14-9-10-24(12-14)16-5-3-4-6-17(16)27-2/h3-6,13-15H,7-12H2,1-2H3,(H,20,26)/t13-,14+/m1/s1.